The summed E-state index contributed by atoms with van der Waals surface area (Å²) in [5, 5.41) is 1.34. The van der Waals surface area contributed by atoms with E-state index in [0.29, 0.717) is 5.39 Å². The minimum Gasteiger partial charge on any atom is -0.497 e. The molecule has 5 nitrogen and oxygen atoms in total. The topological polar surface area (TPSA) is 47.4 Å². The van der Waals surface area contributed by atoms with E-state index in [1.807, 2.05) is 48.5 Å². The fraction of sp³-hybridized carbons (Fsp3) is 0.333. The van der Waals surface area contributed by atoms with Crippen molar-refractivity contribution in [3.05, 3.63) is 58.9 Å². The van der Waals surface area contributed by atoms with Gasteiger partial charge >= 0.3 is 0 Å². The van der Waals surface area contributed by atoms with Crippen molar-refractivity contribution < 1.29 is 4.74 Å². The Morgan fingerprint density at radius 2 is 1.75 bits per heavy atom. The molecule has 0 aliphatic rings. The number of nitrogens with zero attached hydrogens (tertiary/aromatic N) is 3. The molecule has 0 bridgehead atoms. The quantitative estimate of drug-likeness (QED) is 0.403. The maximum atomic E-state index is 13.2. The molecule has 0 aliphatic heterocycles. The van der Waals surface area contributed by atoms with E-state index in [4.69, 9.17) is 9.72 Å². The van der Waals surface area contributed by atoms with Crippen molar-refractivity contribution in [3.63, 3.8) is 0 Å². The van der Waals surface area contributed by atoms with Gasteiger partial charge in [0.15, 0.2) is 5.16 Å². The molecule has 0 aliphatic carbocycles. The van der Waals surface area contributed by atoms with Crippen LogP contribution < -0.4 is 10.3 Å². The number of hydrogen-bond acceptors (Lipinski definition) is 5. The van der Waals surface area contributed by atoms with Crippen LogP contribution in [0, 0.1) is 0 Å². The smallest absolute Gasteiger partial charge is 0.266 e. The van der Waals surface area contributed by atoms with E-state index in [1.54, 1.807) is 23.4 Å². The average molecular weight is 420 g/mol. The lowest BCUT2D eigenvalue weighted by atomic mass is 10.2. The first-order chi connectivity index (χ1) is 13.2. The zero-order valence-corrected chi connectivity index (χ0v) is 18.1. The zero-order valence-electron chi connectivity index (χ0n) is 16.4. The first-order valence-electron chi connectivity index (χ1n) is 9.19. The molecule has 0 N–H and O–H groups in total. The predicted molar refractivity (Wildman–Crippen MR) is 120 cm³/mol. The Morgan fingerprint density at radius 3 is 2.39 bits per heavy atom. The van der Waals surface area contributed by atoms with Gasteiger partial charge in [-0.15, -0.1) is 12.4 Å². The highest BCUT2D eigenvalue weighted by Gasteiger charge is 2.13. The van der Waals surface area contributed by atoms with Gasteiger partial charge in [0.25, 0.3) is 5.56 Å². The standard InChI is InChI=1S/C21H25N3O2S.ClH/c1-4-23(5-2)14-15-27-21-22-19-9-7-6-8-18(19)20(25)24(21)16-10-12-17(26-3)13-11-16;/h6-13H,4-5,14-15H2,1-3H3;1H. The number of aromatic nitrogens is 2. The van der Waals surface area contributed by atoms with E-state index in [0.717, 1.165) is 47.5 Å². The summed E-state index contributed by atoms with van der Waals surface area (Å²) < 4.78 is 6.94. The van der Waals surface area contributed by atoms with Gasteiger partial charge < -0.3 is 9.64 Å². The van der Waals surface area contributed by atoms with Crippen LogP contribution in [-0.4, -0.2) is 46.9 Å². The molecule has 0 amide bonds. The lowest BCUT2D eigenvalue weighted by molar-refractivity contribution is 0.324. The lowest BCUT2D eigenvalue weighted by Crippen LogP contribution is -2.26. The van der Waals surface area contributed by atoms with Gasteiger partial charge in [-0.2, -0.15) is 0 Å². The maximum Gasteiger partial charge on any atom is 0.266 e. The molecule has 3 aromatic rings. The van der Waals surface area contributed by atoms with Crippen LogP contribution >= 0.6 is 24.2 Å². The van der Waals surface area contributed by atoms with Gasteiger partial charge in [-0.1, -0.05) is 37.7 Å². The van der Waals surface area contributed by atoms with Gasteiger partial charge in [0.05, 0.1) is 23.7 Å². The number of methoxy groups -OCH3 is 1. The Kier molecular flexibility index (Phi) is 8.35. The predicted octanol–water partition coefficient (Wildman–Crippen LogP) is 4.25. The zero-order chi connectivity index (χ0) is 19.2. The number of hydrogen-bond donors (Lipinski definition) is 0. The van der Waals surface area contributed by atoms with Crippen LogP contribution in [0.15, 0.2) is 58.5 Å². The van der Waals surface area contributed by atoms with Crippen LogP contribution in [0.3, 0.4) is 0 Å². The van der Waals surface area contributed by atoms with Crippen molar-refractivity contribution in [1.82, 2.24) is 14.5 Å². The fourth-order valence-corrected chi connectivity index (χ4v) is 3.99. The van der Waals surface area contributed by atoms with Gasteiger partial charge in [-0.3, -0.25) is 9.36 Å². The fourth-order valence-electron chi connectivity index (χ4n) is 2.97. The van der Waals surface area contributed by atoms with Gasteiger partial charge in [-0.25, -0.2) is 4.98 Å². The van der Waals surface area contributed by atoms with E-state index >= 15 is 0 Å². The Balaban J connectivity index is 0.00000280. The van der Waals surface area contributed by atoms with Crippen molar-refractivity contribution in [2.75, 3.05) is 32.5 Å². The summed E-state index contributed by atoms with van der Waals surface area (Å²) >= 11 is 1.62. The van der Waals surface area contributed by atoms with E-state index in [1.165, 1.54) is 0 Å². The molecule has 150 valence electrons. The van der Waals surface area contributed by atoms with Crippen LogP contribution in [0.25, 0.3) is 16.6 Å². The third-order valence-corrected chi connectivity index (χ3v) is 5.53. The van der Waals surface area contributed by atoms with Gasteiger partial charge in [0.1, 0.15) is 5.75 Å². The monoisotopic (exact) mass is 419 g/mol. The number of ether oxygens (including phenoxy) is 1. The Morgan fingerprint density at radius 1 is 1.07 bits per heavy atom. The van der Waals surface area contributed by atoms with Crippen LogP contribution in [0.2, 0.25) is 0 Å². The van der Waals surface area contributed by atoms with Gasteiger partial charge in [0, 0.05) is 12.3 Å². The molecule has 0 radical (unpaired) electrons. The first kappa shape index (κ1) is 22.3. The molecule has 0 atom stereocenters. The second-order valence-electron chi connectivity index (χ2n) is 6.13. The van der Waals surface area contributed by atoms with Crippen LogP contribution in [0.5, 0.6) is 5.75 Å². The number of para-hydroxylation sites is 1. The maximum absolute atomic E-state index is 13.2. The second kappa shape index (κ2) is 10.5. The van der Waals surface area contributed by atoms with Gasteiger partial charge in [0.2, 0.25) is 0 Å². The highest BCUT2D eigenvalue weighted by atomic mass is 35.5. The van der Waals surface area contributed by atoms with Gasteiger partial charge in [-0.05, 0) is 49.5 Å². The van der Waals surface area contributed by atoms with Crippen molar-refractivity contribution in [2.24, 2.45) is 0 Å². The van der Waals surface area contributed by atoms with Crippen molar-refractivity contribution >= 4 is 35.1 Å². The van der Waals surface area contributed by atoms with E-state index in [9.17, 15) is 4.79 Å². The summed E-state index contributed by atoms with van der Waals surface area (Å²) in [6, 6.07) is 15.0. The third-order valence-electron chi connectivity index (χ3n) is 4.61. The van der Waals surface area contributed by atoms with E-state index in [-0.39, 0.29) is 18.0 Å². The van der Waals surface area contributed by atoms with E-state index in [2.05, 4.69) is 18.7 Å². The molecule has 0 spiro atoms. The number of benzene rings is 2. The molecule has 1 heterocycles. The molecule has 0 saturated heterocycles. The molecule has 28 heavy (non-hydrogen) atoms. The SMILES string of the molecule is CCN(CC)CCSc1nc2ccccc2c(=O)n1-c1ccc(OC)cc1.Cl. The number of fused-ring (bicyclic) bond motifs is 1. The van der Waals surface area contributed by atoms with Crippen molar-refractivity contribution in [2.45, 2.75) is 19.0 Å². The van der Waals surface area contributed by atoms with Crippen LogP contribution in [-0.2, 0) is 0 Å². The summed E-state index contributed by atoms with van der Waals surface area (Å²) in [6.45, 7) is 7.33. The third kappa shape index (κ3) is 4.87. The molecular formula is C21H26ClN3O2S. The number of halogens is 1. The summed E-state index contributed by atoms with van der Waals surface area (Å²) in [7, 11) is 1.63. The molecule has 7 heteroatoms. The Bertz CT molecular complexity index is 956. The van der Waals surface area contributed by atoms with E-state index < -0.39 is 0 Å². The summed E-state index contributed by atoms with van der Waals surface area (Å²) in [6.07, 6.45) is 0. The Labute approximate surface area is 176 Å². The molecule has 1 aromatic heterocycles. The summed E-state index contributed by atoms with van der Waals surface area (Å²) in [5.41, 5.74) is 1.48. The highest BCUT2D eigenvalue weighted by molar-refractivity contribution is 7.99. The number of rotatable bonds is 8. The lowest BCUT2D eigenvalue weighted by Gasteiger charge is -2.18. The summed E-state index contributed by atoms with van der Waals surface area (Å²) in [4.78, 5) is 20.3. The molecule has 0 saturated carbocycles. The molecular weight excluding hydrogens is 394 g/mol. The van der Waals surface area contributed by atoms with Crippen molar-refractivity contribution in [3.8, 4) is 11.4 Å². The number of thioether (sulfide) groups is 1. The summed E-state index contributed by atoms with van der Waals surface area (Å²) in [5.74, 6) is 1.64. The normalized spacial score (nSPS) is 10.9. The van der Waals surface area contributed by atoms with Crippen molar-refractivity contribution in [1.29, 1.82) is 0 Å². The molecule has 0 unspecified atom stereocenters. The first-order valence-corrected chi connectivity index (χ1v) is 10.2. The minimum atomic E-state index is -0.0453. The van der Waals surface area contributed by atoms with Crippen LogP contribution in [0.1, 0.15) is 13.8 Å². The highest BCUT2D eigenvalue weighted by Crippen LogP contribution is 2.22. The molecule has 2 aromatic carbocycles. The molecule has 0 fully saturated rings. The second-order valence-corrected chi connectivity index (χ2v) is 7.19. The van der Waals surface area contributed by atoms with Crippen LogP contribution in [0.4, 0.5) is 0 Å². The largest absolute Gasteiger partial charge is 0.497 e. The molecule has 3 rings (SSSR count). The minimum absolute atomic E-state index is 0. The average Bonchev–Trinajstić information content (AvgIpc) is 2.71. The Hall–Kier alpha value is -2.02.